The molecule has 1 aliphatic rings. The van der Waals surface area contributed by atoms with Crippen LogP contribution in [0.1, 0.15) is 25.0 Å². The van der Waals surface area contributed by atoms with Crippen molar-refractivity contribution in [3.05, 3.63) is 42.2 Å². The summed E-state index contributed by atoms with van der Waals surface area (Å²) >= 11 is 6.23. The fraction of sp³-hybridized carbons (Fsp3) is 0.444. The predicted octanol–water partition coefficient (Wildman–Crippen LogP) is 3.42. The molecule has 7 heteroatoms. The number of hydrogen-bond acceptors (Lipinski definition) is 5. The van der Waals surface area contributed by atoms with Gasteiger partial charge < -0.3 is 14.8 Å². The van der Waals surface area contributed by atoms with Crippen molar-refractivity contribution in [3.63, 3.8) is 0 Å². The standard InChI is InChI=1S/C18H22ClN3O2.ClH/c19-18(17-16-7-3-2-6-14(16)8-9-20-17)21-24-13-15(23)12-22-10-4-1-5-11-22;/h2-3,6-9,15,23H,1,4-5,10-13H2;1H/b21-18-;. The van der Waals surface area contributed by atoms with Crippen LogP contribution < -0.4 is 0 Å². The number of halogens is 2. The molecule has 0 saturated carbocycles. The summed E-state index contributed by atoms with van der Waals surface area (Å²) < 4.78 is 0. The molecular weight excluding hydrogens is 361 g/mol. The molecule has 1 saturated heterocycles. The molecule has 2 aromatic rings. The summed E-state index contributed by atoms with van der Waals surface area (Å²) in [5.41, 5.74) is 0.584. The number of fused-ring (bicyclic) bond motifs is 1. The molecule has 5 nitrogen and oxygen atoms in total. The lowest BCUT2D eigenvalue weighted by Crippen LogP contribution is -2.38. The van der Waals surface area contributed by atoms with Crippen LogP contribution in [0.5, 0.6) is 0 Å². The maximum atomic E-state index is 10.1. The van der Waals surface area contributed by atoms with Gasteiger partial charge in [-0.2, -0.15) is 0 Å². The van der Waals surface area contributed by atoms with Crippen molar-refractivity contribution in [1.29, 1.82) is 0 Å². The van der Waals surface area contributed by atoms with E-state index in [9.17, 15) is 5.11 Å². The topological polar surface area (TPSA) is 58.0 Å². The van der Waals surface area contributed by atoms with Gasteiger partial charge in [0.05, 0.1) is 0 Å². The number of aliphatic hydroxyl groups is 1. The van der Waals surface area contributed by atoms with Crippen molar-refractivity contribution in [2.45, 2.75) is 25.4 Å². The van der Waals surface area contributed by atoms with Gasteiger partial charge in [-0.3, -0.25) is 4.98 Å². The van der Waals surface area contributed by atoms with E-state index in [4.69, 9.17) is 16.4 Å². The maximum absolute atomic E-state index is 10.1. The summed E-state index contributed by atoms with van der Waals surface area (Å²) in [5.74, 6) is 0. The summed E-state index contributed by atoms with van der Waals surface area (Å²) in [6.07, 6.45) is 4.80. The Morgan fingerprint density at radius 3 is 2.80 bits per heavy atom. The van der Waals surface area contributed by atoms with Gasteiger partial charge >= 0.3 is 0 Å². The zero-order chi connectivity index (χ0) is 16.8. The molecule has 1 fully saturated rings. The SMILES string of the molecule is Cl.OC(CO/N=C(\Cl)c1nccc2ccccc12)CN1CCCCC1. The minimum atomic E-state index is -0.572. The Bertz CT molecular complexity index is 700. The Morgan fingerprint density at radius 1 is 1.24 bits per heavy atom. The molecule has 136 valence electrons. The number of likely N-dealkylation sites (tertiary alicyclic amines) is 1. The molecule has 3 rings (SSSR count). The van der Waals surface area contributed by atoms with Gasteiger partial charge in [0.2, 0.25) is 0 Å². The number of hydrogen-bond donors (Lipinski definition) is 1. The Balaban J connectivity index is 0.00000225. The third-order valence-electron chi connectivity index (χ3n) is 4.20. The lowest BCUT2D eigenvalue weighted by molar-refractivity contribution is 0.0161. The zero-order valence-electron chi connectivity index (χ0n) is 14.0. The number of β-amino-alcohol motifs (C(OH)–C–C–N with tert-alkyl or cyclic N) is 1. The molecule has 1 unspecified atom stereocenters. The van der Waals surface area contributed by atoms with Crippen LogP contribution in [-0.4, -0.2) is 52.5 Å². The van der Waals surface area contributed by atoms with Crippen molar-refractivity contribution >= 4 is 40.0 Å². The summed E-state index contributed by atoms with van der Waals surface area (Å²) in [5, 5.41) is 16.1. The van der Waals surface area contributed by atoms with Crippen LogP contribution in [-0.2, 0) is 4.84 Å². The highest BCUT2D eigenvalue weighted by Crippen LogP contribution is 2.18. The normalized spacial score (nSPS) is 17.1. The number of aromatic nitrogens is 1. The van der Waals surface area contributed by atoms with Gasteiger partial charge in [-0.15, -0.1) is 12.4 Å². The first-order valence-corrected chi connectivity index (χ1v) is 8.72. The molecule has 0 bridgehead atoms. The van der Waals surface area contributed by atoms with Gasteiger partial charge in [0.25, 0.3) is 0 Å². The number of aliphatic hydroxyl groups excluding tert-OH is 1. The van der Waals surface area contributed by atoms with E-state index >= 15 is 0 Å². The van der Waals surface area contributed by atoms with Crippen LogP contribution in [0.15, 0.2) is 41.7 Å². The highest BCUT2D eigenvalue weighted by Gasteiger charge is 2.15. The summed E-state index contributed by atoms with van der Waals surface area (Å²) in [6, 6.07) is 9.76. The lowest BCUT2D eigenvalue weighted by atomic mass is 10.1. The van der Waals surface area contributed by atoms with Crippen LogP contribution in [0.2, 0.25) is 0 Å². The summed E-state index contributed by atoms with van der Waals surface area (Å²) in [6.45, 7) is 2.82. The van der Waals surface area contributed by atoms with Gasteiger partial charge in [0.15, 0.2) is 5.17 Å². The molecule has 1 aromatic carbocycles. The molecule has 1 atom stereocenters. The molecule has 0 aliphatic carbocycles. The van der Waals surface area contributed by atoms with E-state index in [0.717, 1.165) is 23.9 Å². The maximum Gasteiger partial charge on any atom is 0.194 e. The van der Waals surface area contributed by atoms with Crippen LogP contribution in [0.25, 0.3) is 10.8 Å². The van der Waals surface area contributed by atoms with Gasteiger partial charge in [-0.25, -0.2) is 0 Å². The van der Waals surface area contributed by atoms with E-state index in [-0.39, 0.29) is 24.2 Å². The molecule has 1 aliphatic heterocycles. The third-order valence-corrected chi connectivity index (χ3v) is 4.45. The van der Waals surface area contributed by atoms with Crippen molar-refractivity contribution in [1.82, 2.24) is 9.88 Å². The number of benzene rings is 1. The van der Waals surface area contributed by atoms with Crippen LogP contribution in [0, 0.1) is 0 Å². The number of rotatable bonds is 6. The minimum Gasteiger partial charge on any atom is -0.392 e. The quantitative estimate of drug-likeness (QED) is 0.613. The second-order valence-electron chi connectivity index (χ2n) is 6.07. The molecule has 1 aromatic heterocycles. The Morgan fingerprint density at radius 2 is 2.00 bits per heavy atom. The van der Waals surface area contributed by atoms with E-state index in [1.165, 1.54) is 19.3 Å². The van der Waals surface area contributed by atoms with E-state index in [2.05, 4.69) is 15.0 Å². The molecule has 25 heavy (non-hydrogen) atoms. The first-order valence-electron chi connectivity index (χ1n) is 8.34. The highest BCUT2D eigenvalue weighted by atomic mass is 35.5. The van der Waals surface area contributed by atoms with Gasteiger partial charge in [0.1, 0.15) is 18.4 Å². The van der Waals surface area contributed by atoms with Crippen molar-refractivity contribution in [2.24, 2.45) is 5.16 Å². The predicted molar refractivity (Wildman–Crippen MR) is 104 cm³/mol. The Labute approximate surface area is 159 Å². The number of nitrogens with zero attached hydrogens (tertiary/aromatic N) is 3. The Hall–Kier alpha value is -1.40. The fourth-order valence-electron chi connectivity index (χ4n) is 3.00. The van der Waals surface area contributed by atoms with Gasteiger partial charge in [-0.1, -0.05) is 47.4 Å². The smallest absolute Gasteiger partial charge is 0.194 e. The van der Waals surface area contributed by atoms with E-state index < -0.39 is 6.10 Å². The second kappa shape index (κ2) is 9.92. The second-order valence-corrected chi connectivity index (χ2v) is 6.43. The van der Waals surface area contributed by atoms with Crippen LogP contribution in [0.3, 0.4) is 0 Å². The lowest BCUT2D eigenvalue weighted by Gasteiger charge is -2.27. The Kier molecular flexibility index (Phi) is 7.90. The zero-order valence-corrected chi connectivity index (χ0v) is 15.5. The first kappa shape index (κ1) is 19.9. The molecular formula is C18H23Cl2N3O2. The van der Waals surface area contributed by atoms with Crippen molar-refractivity contribution in [3.8, 4) is 0 Å². The van der Waals surface area contributed by atoms with Crippen molar-refractivity contribution < 1.29 is 9.94 Å². The van der Waals surface area contributed by atoms with Crippen LogP contribution >= 0.6 is 24.0 Å². The average molecular weight is 384 g/mol. The van der Waals surface area contributed by atoms with Crippen LogP contribution in [0.4, 0.5) is 0 Å². The van der Waals surface area contributed by atoms with Gasteiger partial charge in [-0.05, 0) is 37.4 Å². The monoisotopic (exact) mass is 383 g/mol. The third kappa shape index (κ3) is 5.54. The van der Waals surface area contributed by atoms with Crippen molar-refractivity contribution in [2.75, 3.05) is 26.2 Å². The van der Waals surface area contributed by atoms with E-state index in [0.29, 0.717) is 12.2 Å². The minimum absolute atomic E-state index is 0. The molecule has 1 N–H and O–H groups in total. The average Bonchev–Trinajstić information content (AvgIpc) is 2.62. The van der Waals surface area contributed by atoms with E-state index in [1.54, 1.807) is 6.20 Å². The molecule has 0 amide bonds. The number of pyridine rings is 1. The van der Waals surface area contributed by atoms with E-state index in [1.807, 2.05) is 30.3 Å². The molecule has 0 radical (unpaired) electrons. The number of piperidine rings is 1. The first-order chi connectivity index (χ1) is 11.7. The highest BCUT2D eigenvalue weighted by molar-refractivity contribution is 6.70. The largest absolute Gasteiger partial charge is 0.392 e. The number of oxime groups is 1. The summed E-state index contributed by atoms with van der Waals surface area (Å²) in [4.78, 5) is 11.8. The molecule has 0 spiro atoms. The van der Waals surface area contributed by atoms with Gasteiger partial charge in [0, 0.05) is 18.1 Å². The fourth-order valence-corrected chi connectivity index (χ4v) is 3.20. The molecule has 2 heterocycles. The summed E-state index contributed by atoms with van der Waals surface area (Å²) in [7, 11) is 0.